The van der Waals surface area contributed by atoms with Crippen LogP contribution in [0, 0.1) is 10.1 Å². The number of amides is 1. The monoisotopic (exact) mass is 210 g/mol. The third-order valence-corrected chi connectivity index (χ3v) is 1.62. The Bertz CT molecular complexity index is 363. The van der Waals surface area contributed by atoms with Crippen molar-refractivity contribution in [2.45, 2.75) is 6.61 Å². The summed E-state index contributed by atoms with van der Waals surface area (Å²) in [7, 11) is 0. The van der Waals surface area contributed by atoms with Gasteiger partial charge in [0.15, 0.2) is 0 Å². The number of non-ortho nitro benzene ring substituents is 1. The van der Waals surface area contributed by atoms with Crippen LogP contribution in [-0.2, 0) is 11.3 Å². The van der Waals surface area contributed by atoms with E-state index in [0.29, 0.717) is 5.56 Å². The van der Waals surface area contributed by atoms with E-state index in [1.165, 1.54) is 24.3 Å². The minimum absolute atomic E-state index is 0.0244. The number of benzene rings is 1. The van der Waals surface area contributed by atoms with Gasteiger partial charge in [0.2, 0.25) is 0 Å². The van der Waals surface area contributed by atoms with Crippen LogP contribution in [0.25, 0.3) is 0 Å². The molecule has 0 aromatic heterocycles. The van der Waals surface area contributed by atoms with Crippen molar-refractivity contribution in [2.24, 2.45) is 0 Å². The maximum atomic E-state index is 10.5. The zero-order valence-electron chi connectivity index (χ0n) is 7.60. The Hall–Kier alpha value is -2.15. The number of carbonyl (C=O) groups excluding carboxylic acids is 1. The predicted octanol–water partition coefficient (Wildman–Crippen LogP) is 1.02. The second-order valence-corrected chi connectivity index (χ2v) is 2.62. The van der Waals surface area contributed by atoms with Crippen molar-refractivity contribution < 1.29 is 14.5 Å². The zero-order chi connectivity index (χ0) is 11.3. The number of nitrogens with one attached hydrogen (secondary N) is 2. The van der Waals surface area contributed by atoms with E-state index in [4.69, 9.17) is 5.84 Å². The van der Waals surface area contributed by atoms with Crippen LogP contribution in [0.4, 0.5) is 10.5 Å². The van der Waals surface area contributed by atoms with Gasteiger partial charge in [-0.3, -0.25) is 10.1 Å². The standard InChI is InChI=1S/C8H8N3O4/c9-10-8(12)15-5-6-1-3-7(4-2-6)11(13)14/h1-4,9H,5H2,(H,10,12). The maximum absolute atomic E-state index is 10.5. The van der Waals surface area contributed by atoms with E-state index < -0.39 is 11.0 Å². The minimum atomic E-state index is -0.867. The summed E-state index contributed by atoms with van der Waals surface area (Å²) in [6.07, 6.45) is -0.867. The van der Waals surface area contributed by atoms with Crippen LogP contribution in [0.5, 0.6) is 0 Å². The van der Waals surface area contributed by atoms with Crippen molar-refractivity contribution in [2.75, 3.05) is 0 Å². The molecule has 1 radical (unpaired) electrons. The van der Waals surface area contributed by atoms with Crippen molar-refractivity contribution in [3.8, 4) is 0 Å². The third kappa shape index (κ3) is 3.24. The molecule has 2 N–H and O–H groups in total. The van der Waals surface area contributed by atoms with E-state index >= 15 is 0 Å². The summed E-state index contributed by atoms with van der Waals surface area (Å²) in [5.41, 5.74) is 2.14. The number of hydrogen-bond donors (Lipinski definition) is 1. The fourth-order valence-electron chi connectivity index (χ4n) is 0.899. The number of hydrogen-bond acceptors (Lipinski definition) is 4. The van der Waals surface area contributed by atoms with Crippen LogP contribution in [0.15, 0.2) is 24.3 Å². The highest BCUT2D eigenvalue weighted by molar-refractivity contribution is 5.66. The van der Waals surface area contributed by atoms with E-state index in [1.54, 1.807) is 5.43 Å². The molecule has 0 bridgehead atoms. The number of carbonyl (C=O) groups is 1. The van der Waals surface area contributed by atoms with Crippen LogP contribution < -0.4 is 11.3 Å². The molecule has 0 fully saturated rings. The maximum Gasteiger partial charge on any atom is 0.423 e. The number of rotatable bonds is 3. The summed E-state index contributed by atoms with van der Waals surface area (Å²) in [6.45, 7) is -0.0251. The molecule has 1 aromatic carbocycles. The summed E-state index contributed by atoms with van der Waals surface area (Å²) < 4.78 is 4.57. The van der Waals surface area contributed by atoms with Crippen LogP contribution in [0.3, 0.4) is 0 Å². The lowest BCUT2D eigenvalue weighted by Gasteiger charge is -2.02. The van der Waals surface area contributed by atoms with Gasteiger partial charge in [-0.2, -0.15) is 0 Å². The van der Waals surface area contributed by atoms with Gasteiger partial charge in [0.1, 0.15) is 6.61 Å². The van der Waals surface area contributed by atoms with Gasteiger partial charge in [-0.25, -0.2) is 10.2 Å². The summed E-state index contributed by atoms with van der Waals surface area (Å²) in [5, 5.41) is 10.3. The molecule has 1 rings (SSSR count). The smallest absolute Gasteiger partial charge is 0.423 e. The van der Waals surface area contributed by atoms with Crippen LogP contribution in [0.2, 0.25) is 0 Å². The summed E-state index contributed by atoms with van der Waals surface area (Å²) in [6, 6.07) is 5.60. The highest BCUT2D eigenvalue weighted by atomic mass is 16.6. The van der Waals surface area contributed by atoms with E-state index in [1.807, 2.05) is 0 Å². The molecule has 7 heteroatoms. The highest BCUT2D eigenvalue weighted by Gasteiger charge is 2.05. The molecule has 0 heterocycles. The Labute approximate surface area is 84.9 Å². The van der Waals surface area contributed by atoms with Crippen LogP contribution in [-0.4, -0.2) is 11.0 Å². The Kier molecular flexibility index (Phi) is 3.58. The molecule has 0 aliphatic rings. The minimum Gasteiger partial charge on any atom is -0.444 e. The second-order valence-electron chi connectivity index (χ2n) is 2.62. The number of ether oxygens (including phenoxy) is 1. The van der Waals surface area contributed by atoms with Gasteiger partial charge in [0.05, 0.1) is 4.92 Å². The Morgan fingerprint density at radius 1 is 1.47 bits per heavy atom. The van der Waals surface area contributed by atoms with Gasteiger partial charge in [-0.15, -0.1) is 5.84 Å². The molecular formula is C8H8N3O4. The van der Waals surface area contributed by atoms with Gasteiger partial charge in [-0.05, 0) is 17.7 Å². The molecule has 0 unspecified atom stereocenters. The van der Waals surface area contributed by atoms with Crippen molar-refractivity contribution in [3.05, 3.63) is 39.9 Å². The molecule has 1 amide bonds. The van der Waals surface area contributed by atoms with Gasteiger partial charge in [0.25, 0.3) is 5.69 Å². The fraction of sp³-hybridized carbons (Fsp3) is 0.125. The summed E-state index contributed by atoms with van der Waals surface area (Å²) in [5.74, 6) is 6.45. The first-order valence-electron chi connectivity index (χ1n) is 3.96. The lowest BCUT2D eigenvalue weighted by atomic mass is 10.2. The Morgan fingerprint density at radius 2 is 2.07 bits per heavy atom. The normalized spacial score (nSPS) is 9.40. The molecular weight excluding hydrogens is 202 g/mol. The predicted molar refractivity (Wildman–Crippen MR) is 49.5 cm³/mol. The average molecular weight is 210 g/mol. The molecule has 0 saturated heterocycles. The van der Waals surface area contributed by atoms with Crippen LogP contribution in [0.1, 0.15) is 5.56 Å². The molecule has 1 aromatic rings. The molecule has 0 aliphatic heterocycles. The SMILES string of the molecule is [NH]NC(=O)OCc1ccc([N+](=O)[O-])cc1. The van der Waals surface area contributed by atoms with Gasteiger partial charge < -0.3 is 4.74 Å². The number of nitro benzene ring substituents is 1. The molecule has 79 valence electrons. The first-order chi connectivity index (χ1) is 7.13. The molecule has 0 aliphatic carbocycles. The van der Waals surface area contributed by atoms with Crippen molar-refractivity contribution in [3.63, 3.8) is 0 Å². The topological polar surface area (TPSA) is 105 Å². The highest BCUT2D eigenvalue weighted by Crippen LogP contribution is 2.12. The average Bonchev–Trinajstić information content (AvgIpc) is 2.26. The quantitative estimate of drug-likeness (QED) is 0.593. The summed E-state index contributed by atoms with van der Waals surface area (Å²) >= 11 is 0. The van der Waals surface area contributed by atoms with E-state index in [2.05, 4.69) is 4.74 Å². The van der Waals surface area contributed by atoms with Crippen molar-refractivity contribution in [1.82, 2.24) is 11.3 Å². The third-order valence-electron chi connectivity index (χ3n) is 1.62. The van der Waals surface area contributed by atoms with E-state index in [9.17, 15) is 14.9 Å². The first-order valence-corrected chi connectivity index (χ1v) is 3.96. The lowest BCUT2D eigenvalue weighted by molar-refractivity contribution is -0.384. The fourth-order valence-corrected chi connectivity index (χ4v) is 0.899. The zero-order valence-corrected chi connectivity index (χ0v) is 7.60. The Morgan fingerprint density at radius 3 is 2.53 bits per heavy atom. The second kappa shape index (κ2) is 4.91. The van der Waals surface area contributed by atoms with Crippen LogP contribution >= 0.6 is 0 Å². The van der Waals surface area contributed by atoms with Gasteiger partial charge in [-0.1, -0.05) is 0 Å². The van der Waals surface area contributed by atoms with Gasteiger partial charge in [0, 0.05) is 12.1 Å². The molecule has 0 saturated carbocycles. The molecule has 7 nitrogen and oxygen atoms in total. The number of nitro groups is 1. The first kappa shape index (κ1) is 10.9. The van der Waals surface area contributed by atoms with Crippen molar-refractivity contribution >= 4 is 11.8 Å². The largest absolute Gasteiger partial charge is 0.444 e. The van der Waals surface area contributed by atoms with Crippen molar-refractivity contribution in [1.29, 1.82) is 0 Å². The van der Waals surface area contributed by atoms with E-state index in [-0.39, 0.29) is 12.3 Å². The Balaban J connectivity index is 2.57. The molecule has 0 atom stereocenters. The lowest BCUT2D eigenvalue weighted by Crippen LogP contribution is -2.21. The molecule has 15 heavy (non-hydrogen) atoms. The number of nitrogens with zero attached hydrogens (tertiary/aromatic N) is 1. The van der Waals surface area contributed by atoms with E-state index in [0.717, 1.165) is 0 Å². The van der Waals surface area contributed by atoms with Gasteiger partial charge >= 0.3 is 6.09 Å². The summed E-state index contributed by atoms with van der Waals surface area (Å²) in [4.78, 5) is 20.3. The molecule has 0 spiro atoms.